The summed E-state index contributed by atoms with van der Waals surface area (Å²) in [6.45, 7) is 7.95. The third-order valence-electron chi connectivity index (χ3n) is 2.21. The van der Waals surface area contributed by atoms with Gasteiger partial charge in [0, 0.05) is 6.92 Å². The number of amides is 1. The summed E-state index contributed by atoms with van der Waals surface area (Å²) in [7, 11) is 0. The van der Waals surface area contributed by atoms with Gasteiger partial charge in [0.2, 0.25) is 5.91 Å². The van der Waals surface area contributed by atoms with Crippen molar-refractivity contribution in [1.29, 1.82) is 0 Å². The molecule has 1 rings (SSSR count). The van der Waals surface area contributed by atoms with Gasteiger partial charge in [0.1, 0.15) is 0 Å². The predicted molar refractivity (Wildman–Crippen MR) is 66.6 cm³/mol. The fourth-order valence-corrected chi connectivity index (χ4v) is 1.27. The van der Waals surface area contributed by atoms with E-state index in [2.05, 4.69) is 43.4 Å². The average molecular weight is 218 g/mol. The van der Waals surface area contributed by atoms with Crippen LogP contribution in [-0.4, -0.2) is 12.1 Å². The minimum absolute atomic E-state index is 0.160. The minimum Gasteiger partial charge on any atom is -0.274 e. The molecule has 1 aromatic rings. The van der Waals surface area contributed by atoms with Gasteiger partial charge in [-0.2, -0.15) is 5.10 Å². The average Bonchev–Trinajstić information content (AvgIpc) is 2.16. The van der Waals surface area contributed by atoms with Crippen molar-refractivity contribution in [2.45, 2.75) is 33.1 Å². The maximum atomic E-state index is 10.6. The second-order valence-corrected chi connectivity index (χ2v) is 4.80. The molecule has 0 atom stereocenters. The van der Waals surface area contributed by atoms with Crippen LogP contribution in [0.4, 0.5) is 0 Å². The fraction of sp³-hybridized carbons (Fsp3) is 0.385. The Labute approximate surface area is 96.6 Å². The van der Waals surface area contributed by atoms with E-state index in [4.69, 9.17) is 0 Å². The third-order valence-corrected chi connectivity index (χ3v) is 2.21. The molecule has 0 heterocycles. The Morgan fingerprint density at radius 1 is 1.25 bits per heavy atom. The lowest BCUT2D eigenvalue weighted by Crippen LogP contribution is -2.12. The SMILES string of the molecule is CC(=O)N/N=C\c1ccc(C(C)(C)C)cc1. The second kappa shape index (κ2) is 4.92. The lowest BCUT2D eigenvalue weighted by atomic mass is 9.87. The van der Waals surface area contributed by atoms with Crippen molar-refractivity contribution < 1.29 is 4.79 Å². The van der Waals surface area contributed by atoms with Gasteiger partial charge in [-0.1, -0.05) is 45.0 Å². The number of benzene rings is 1. The summed E-state index contributed by atoms with van der Waals surface area (Å²) in [5.41, 5.74) is 4.78. The molecule has 0 aliphatic carbocycles. The number of rotatable bonds is 2. The summed E-state index contributed by atoms with van der Waals surface area (Å²) >= 11 is 0. The number of carbonyl (C=O) groups excluding carboxylic acids is 1. The van der Waals surface area contributed by atoms with Crippen molar-refractivity contribution in [3.63, 3.8) is 0 Å². The molecule has 3 heteroatoms. The lowest BCUT2D eigenvalue weighted by Gasteiger charge is -2.18. The zero-order chi connectivity index (χ0) is 12.2. The molecule has 0 aliphatic heterocycles. The van der Waals surface area contributed by atoms with Gasteiger partial charge in [0.25, 0.3) is 0 Å². The highest BCUT2D eigenvalue weighted by molar-refractivity contribution is 5.81. The molecule has 0 bridgehead atoms. The van der Waals surface area contributed by atoms with Crippen molar-refractivity contribution in [2.75, 3.05) is 0 Å². The quantitative estimate of drug-likeness (QED) is 0.601. The standard InChI is InChI=1S/C13H18N2O/c1-10(16)15-14-9-11-5-7-12(8-6-11)13(2,3)4/h5-9H,1-4H3,(H,15,16)/b14-9-. The summed E-state index contributed by atoms with van der Waals surface area (Å²) in [6, 6.07) is 8.14. The van der Waals surface area contributed by atoms with Crippen LogP contribution in [-0.2, 0) is 10.2 Å². The summed E-state index contributed by atoms with van der Waals surface area (Å²) in [6.07, 6.45) is 1.63. The highest BCUT2D eigenvalue weighted by Gasteiger charge is 2.12. The van der Waals surface area contributed by atoms with E-state index in [0.717, 1.165) is 5.56 Å². The fourth-order valence-electron chi connectivity index (χ4n) is 1.27. The van der Waals surface area contributed by atoms with Crippen LogP contribution < -0.4 is 5.43 Å². The Bertz CT molecular complexity index is 385. The van der Waals surface area contributed by atoms with Crippen LogP contribution >= 0.6 is 0 Å². The van der Waals surface area contributed by atoms with E-state index >= 15 is 0 Å². The van der Waals surface area contributed by atoms with Crippen LogP contribution in [0.2, 0.25) is 0 Å². The van der Waals surface area contributed by atoms with Crippen molar-refractivity contribution in [3.05, 3.63) is 35.4 Å². The van der Waals surface area contributed by atoms with Gasteiger partial charge in [0.15, 0.2) is 0 Å². The molecule has 0 fully saturated rings. The van der Waals surface area contributed by atoms with Crippen LogP contribution in [0.1, 0.15) is 38.8 Å². The molecule has 0 saturated heterocycles. The Morgan fingerprint density at radius 3 is 2.25 bits per heavy atom. The predicted octanol–water partition coefficient (Wildman–Crippen LogP) is 2.45. The minimum atomic E-state index is -0.164. The highest BCUT2D eigenvalue weighted by atomic mass is 16.2. The van der Waals surface area contributed by atoms with Gasteiger partial charge in [-0.15, -0.1) is 0 Å². The molecular weight excluding hydrogens is 200 g/mol. The van der Waals surface area contributed by atoms with Gasteiger partial charge in [0.05, 0.1) is 6.21 Å². The molecule has 0 radical (unpaired) electrons. The van der Waals surface area contributed by atoms with Crippen LogP contribution in [0, 0.1) is 0 Å². The second-order valence-electron chi connectivity index (χ2n) is 4.80. The van der Waals surface area contributed by atoms with Crippen molar-refractivity contribution in [2.24, 2.45) is 5.10 Å². The molecule has 0 spiro atoms. The Hall–Kier alpha value is -1.64. The molecule has 0 unspecified atom stereocenters. The molecular formula is C13H18N2O. The van der Waals surface area contributed by atoms with E-state index in [1.807, 2.05) is 12.1 Å². The summed E-state index contributed by atoms with van der Waals surface area (Å²) in [4.78, 5) is 10.6. The number of hydrogen-bond acceptors (Lipinski definition) is 2. The first-order valence-corrected chi connectivity index (χ1v) is 5.30. The Kier molecular flexibility index (Phi) is 3.82. The molecule has 1 aromatic carbocycles. The van der Waals surface area contributed by atoms with Gasteiger partial charge >= 0.3 is 0 Å². The number of carbonyl (C=O) groups is 1. The number of hydrazone groups is 1. The van der Waals surface area contributed by atoms with E-state index in [1.165, 1.54) is 12.5 Å². The smallest absolute Gasteiger partial charge is 0.236 e. The summed E-state index contributed by atoms with van der Waals surface area (Å²) < 4.78 is 0. The Balaban J connectivity index is 2.72. The molecule has 86 valence electrons. The van der Waals surface area contributed by atoms with Gasteiger partial charge in [-0.3, -0.25) is 4.79 Å². The summed E-state index contributed by atoms with van der Waals surface area (Å²) in [5, 5.41) is 3.81. The van der Waals surface area contributed by atoms with E-state index in [9.17, 15) is 4.79 Å². The zero-order valence-electron chi connectivity index (χ0n) is 10.2. The van der Waals surface area contributed by atoms with Gasteiger partial charge in [-0.05, 0) is 16.5 Å². The largest absolute Gasteiger partial charge is 0.274 e. The number of nitrogens with zero attached hydrogens (tertiary/aromatic N) is 1. The number of nitrogens with one attached hydrogen (secondary N) is 1. The van der Waals surface area contributed by atoms with Crippen molar-refractivity contribution in [1.82, 2.24) is 5.43 Å². The molecule has 0 aliphatic rings. The topological polar surface area (TPSA) is 41.5 Å². The van der Waals surface area contributed by atoms with Crippen LogP contribution in [0.3, 0.4) is 0 Å². The van der Waals surface area contributed by atoms with Crippen molar-refractivity contribution in [3.8, 4) is 0 Å². The van der Waals surface area contributed by atoms with Gasteiger partial charge < -0.3 is 0 Å². The molecule has 0 saturated carbocycles. The maximum Gasteiger partial charge on any atom is 0.236 e. The maximum absolute atomic E-state index is 10.6. The Morgan fingerprint density at radius 2 is 1.81 bits per heavy atom. The van der Waals surface area contributed by atoms with Crippen molar-refractivity contribution >= 4 is 12.1 Å². The monoisotopic (exact) mass is 218 g/mol. The van der Waals surface area contributed by atoms with Crippen LogP contribution in [0.15, 0.2) is 29.4 Å². The zero-order valence-corrected chi connectivity index (χ0v) is 10.2. The van der Waals surface area contributed by atoms with E-state index in [0.29, 0.717) is 0 Å². The van der Waals surface area contributed by atoms with E-state index < -0.39 is 0 Å². The molecule has 3 nitrogen and oxygen atoms in total. The molecule has 0 aromatic heterocycles. The van der Waals surface area contributed by atoms with E-state index in [1.54, 1.807) is 6.21 Å². The first-order valence-electron chi connectivity index (χ1n) is 5.30. The normalized spacial score (nSPS) is 11.8. The first-order chi connectivity index (χ1) is 7.39. The van der Waals surface area contributed by atoms with Crippen LogP contribution in [0.25, 0.3) is 0 Å². The molecule has 1 N–H and O–H groups in total. The van der Waals surface area contributed by atoms with Gasteiger partial charge in [-0.25, -0.2) is 5.43 Å². The number of hydrogen-bond donors (Lipinski definition) is 1. The van der Waals surface area contributed by atoms with E-state index in [-0.39, 0.29) is 11.3 Å². The van der Waals surface area contributed by atoms with Crippen LogP contribution in [0.5, 0.6) is 0 Å². The summed E-state index contributed by atoms with van der Waals surface area (Å²) in [5.74, 6) is -0.164. The third kappa shape index (κ3) is 3.85. The highest BCUT2D eigenvalue weighted by Crippen LogP contribution is 2.21. The molecule has 16 heavy (non-hydrogen) atoms. The molecule has 1 amide bonds. The first kappa shape index (κ1) is 12.4. The lowest BCUT2D eigenvalue weighted by molar-refractivity contribution is -0.118.